The van der Waals surface area contributed by atoms with Crippen molar-refractivity contribution >= 4 is 33.3 Å². The average Bonchev–Trinajstić information content (AvgIpc) is 3.11. The third kappa shape index (κ3) is 2.88. The molecule has 1 heterocycles. The largest absolute Gasteiger partial charge is 0.351 e. The number of rotatable bonds is 4. The summed E-state index contributed by atoms with van der Waals surface area (Å²) in [6, 6.07) is 20.0. The van der Waals surface area contributed by atoms with E-state index in [4.69, 9.17) is 0 Å². The molecule has 2 N–H and O–H groups in total. The molecule has 0 fully saturated rings. The van der Waals surface area contributed by atoms with Gasteiger partial charge >= 0.3 is 0 Å². The second-order valence-corrected chi connectivity index (χ2v) is 6.04. The van der Waals surface area contributed by atoms with E-state index in [0.29, 0.717) is 12.2 Å². The van der Waals surface area contributed by atoms with Crippen molar-refractivity contribution in [2.45, 2.75) is 6.54 Å². The summed E-state index contributed by atoms with van der Waals surface area (Å²) in [5.41, 5.74) is 2.22. The molecule has 26 heavy (non-hydrogen) atoms. The summed E-state index contributed by atoms with van der Waals surface area (Å²) in [4.78, 5) is 25.8. The normalized spacial score (nSPS) is 10.9. The lowest BCUT2D eigenvalue weighted by Crippen LogP contribution is -2.23. The maximum atomic E-state index is 12.4. The molecule has 6 nitrogen and oxygen atoms in total. The van der Waals surface area contributed by atoms with Gasteiger partial charge in [-0.1, -0.05) is 42.5 Å². The molecule has 0 atom stereocenters. The number of non-ortho nitro benzene ring substituents is 1. The number of nitrogens with zero attached hydrogens (tertiary/aromatic N) is 1. The Hall–Kier alpha value is -3.67. The number of fused-ring (bicyclic) bond motifs is 3. The molecule has 0 aliphatic rings. The van der Waals surface area contributed by atoms with Crippen LogP contribution in [0.5, 0.6) is 0 Å². The van der Waals surface area contributed by atoms with Crippen molar-refractivity contribution in [3.8, 4) is 0 Å². The van der Waals surface area contributed by atoms with E-state index >= 15 is 0 Å². The van der Waals surface area contributed by atoms with E-state index in [1.807, 2.05) is 42.5 Å². The number of carbonyl (C=O) groups excluding carboxylic acids is 1. The van der Waals surface area contributed by atoms with Gasteiger partial charge in [0.1, 0.15) is 5.69 Å². The Kier molecular flexibility index (Phi) is 3.85. The van der Waals surface area contributed by atoms with Crippen LogP contribution in [-0.2, 0) is 6.54 Å². The van der Waals surface area contributed by atoms with Gasteiger partial charge in [0.05, 0.1) is 4.92 Å². The highest BCUT2D eigenvalue weighted by Crippen LogP contribution is 2.25. The Morgan fingerprint density at radius 3 is 2.54 bits per heavy atom. The first-order valence-corrected chi connectivity index (χ1v) is 8.14. The van der Waals surface area contributed by atoms with Gasteiger partial charge in [0, 0.05) is 29.6 Å². The van der Waals surface area contributed by atoms with E-state index in [0.717, 1.165) is 27.2 Å². The SMILES string of the molecule is O=C(NCc1ccc([N+](=O)[O-])cc1)c1cc2c(ccc3ccccc32)[nH]1. The number of nitrogens with one attached hydrogen (secondary N) is 2. The van der Waals surface area contributed by atoms with E-state index in [-0.39, 0.29) is 11.6 Å². The fourth-order valence-corrected chi connectivity index (χ4v) is 3.02. The maximum absolute atomic E-state index is 12.4. The van der Waals surface area contributed by atoms with Crippen LogP contribution in [0.3, 0.4) is 0 Å². The molecule has 6 heteroatoms. The number of nitro groups is 1. The molecule has 0 aliphatic carbocycles. The highest BCUT2D eigenvalue weighted by molar-refractivity contribution is 6.09. The van der Waals surface area contributed by atoms with Crippen molar-refractivity contribution in [2.24, 2.45) is 0 Å². The van der Waals surface area contributed by atoms with Crippen molar-refractivity contribution in [3.05, 3.63) is 88.1 Å². The van der Waals surface area contributed by atoms with Crippen molar-refractivity contribution in [3.63, 3.8) is 0 Å². The number of aromatic amines is 1. The summed E-state index contributed by atoms with van der Waals surface area (Å²) < 4.78 is 0. The number of hydrogen-bond acceptors (Lipinski definition) is 3. The highest BCUT2D eigenvalue weighted by Gasteiger charge is 2.11. The standard InChI is InChI=1S/C20H15N3O3/c24-20(21-12-13-5-8-15(9-6-13)23(25)26)19-11-17-16-4-2-1-3-14(16)7-10-18(17)22-19/h1-11,22H,12H2,(H,21,24). The molecule has 3 aromatic carbocycles. The number of H-pyrrole nitrogens is 1. The Bertz CT molecular complexity index is 1130. The first kappa shape index (κ1) is 15.8. The van der Waals surface area contributed by atoms with Crippen LogP contribution in [0, 0.1) is 10.1 Å². The van der Waals surface area contributed by atoms with E-state index in [9.17, 15) is 14.9 Å². The van der Waals surface area contributed by atoms with E-state index < -0.39 is 4.92 Å². The summed E-state index contributed by atoms with van der Waals surface area (Å²) in [5.74, 6) is -0.219. The van der Waals surface area contributed by atoms with Gasteiger partial charge in [0.25, 0.3) is 11.6 Å². The summed E-state index contributed by atoms with van der Waals surface area (Å²) in [6.45, 7) is 0.299. The van der Waals surface area contributed by atoms with Crippen molar-refractivity contribution < 1.29 is 9.72 Å². The maximum Gasteiger partial charge on any atom is 0.269 e. The minimum absolute atomic E-state index is 0.0302. The summed E-state index contributed by atoms with van der Waals surface area (Å²) >= 11 is 0. The van der Waals surface area contributed by atoms with Crippen LogP contribution in [0.15, 0.2) is 66.7 Å². The predicted octanol–water partition coefficient (Wildman–Crippen LogP) is 4.16. The van der Waals surface area contributed by atoms with Crippen molar-refractivity contribution in [2.75, 3.05) is 0 Å². The van der Waals surface area contributed by atoms with Crippen molar-refractivity contribution in [1.82, 2.24) is 10.3 Å². The fraction of sp³-hybridized carbons (Fsp3) is 0.0500. The van der Waals surface area contributed by atoms with Crippen LogP contribution in [0.2, 0.25) is 0 Å². The molecular formula is C20H15N3O3. The number of hydrogen-bond donors (Lipinski definition) is 2. The monoisotopic (exact) mass is 345 g/mol. The quantitative estimate of drug-likeness (QED) is 0.430. The summed E-state index contributed by atoms with van der Waals surface area (Å²) in [7, 11) is 0. The minimum atomic E-state index is -0.447. The number of nitro benzene ring substituents is 1. The zero-order valence-corrected chi connectivity index (χ0v) is 13.7. The van der Waals surface area contributed by atoms with Crippen LogP contribution in [-0.4, -0.2) is 15.8 Å². The molecule has 1 amide bonds. The predicted molar refractivity (Wildman–Crippen MR) is 100 cm³/mol. The van der Waals surface area contributed by atoms with Crippen molar-refractivity contribution in [1.29, 1.82) is 0 Å². The molecule has 0 spiro atoms. The third-order valence-corrected chi connectivity index (χ3v) is 4.37. The van der Waals surface area contributed by atoms with Gasteiger partial charge in [-0.15, -0.1) is 0 Å². The van der Waals surface area contributed by atoms with Gasteiger partial charge in [-0.25, -0.2) is 0 Å². The lowest BCUT2D eigenvalue weighted by atomic mass is 10.1. The zero-order chi connectivity index (χ0) is 18.1. The molecule has 128 valence electrons. The fourth-order valence-electron chi connectivity index (χ4n) is 3.02. The Morgan fingerprint density at radius 2 is 1.77 bits per heavy atom. The Balaban J connectivity index is 1.54. The molecular weight excluding hydrogens is 330 g/mol. The van der Waals surface area contributed by atoms with Gasteiger partial charge in [-0.3, -0.25) is 14.9 Å². The molecule has 4 rings (SSSR count). The number of carbonyl (C=O) groups is 1. The third-order valence-electron chi connectivity index (χ3n) is 4.37. The average molecular weight is 345 g/mol. The molecule has 0 unspecified atom stereocenters. The zero-order valence-electron chi connectivity index (χ0n) is 13.7. The van der Waals surface area contributed by atoms with Crippen LogP contribution in [0.1, 0.15) is 16.1 Å². The van der Waals surface area contributed by atoms with Gasteiger partial charge in [0.2, 0.25) is 0 Å². The van der Waals surface area contributed by atoms with Crippen LogP contribution in [0.25, 0.3) is 21.7 Å². The number of aromatic nitrogens is 1. The first-order valence-electron chi connectivity index (χ1n) is 8.14. The molecule has 0 bridgehead atoms. The number of amides is 1. The molecule has 0 saturated heterocycles. The molecule has 0 aliphatic heterocycles. The van der Waals surface area contributed by atoms with Gasteiger partial charge < -0.3 is 10.3 Å². The number of benzene rings is 3. The lowest BCUT2D eigenvalue weighted by Gasteiger charge is -2.03. The van der Waals surface area contributed by atoms with Crippen LogP contribution < -0.4 is 5.32 Å². The Morgan fingerprint density at radius 1 is 1.00 bits per heavy atom. The second-order valence-electron chi connectivity index (χ2n) is 6.04. The first-order chi connectivity index (χ1) is 12.6. The molecule has 4 aromatic rings. The second kappa shape index (κ2) is 6.33. The summed E-state index contributed by atoms with van der Waals surface area (Å²) in [6.07, 6.45) is 0. The lowest BCUT2D eigenvalue weighted by molar-refractivity contribution is -0.384. The van der Waals surface area contributed by atoms with Gasteiger partial charge in [0.15, 0.2) is 0 Å². The van der Waals surface area contributed by atoms with Crippen LogP contribution >= 0.6 is 0 Å². The Labute approximate surface area is 148 Å². The highest BCUT2D eigenvalue weighted by atomic mass is 16.6. The van der Waals surface area contributed by atoms with E-state index in [2.05, 4.69) is 10.3 Å². The van der Waals surface area contributed by atoms with E-state index in [1.165, 1.54) is 12.1 Å². The topological polar surface area (TPSA) is 88.0 Å². The summed E-state index contributed by atoms with van der Waals surface area (Å²) in [5, 5.41) is 16.7. The molecule has 0 radical (unpaired) electrons. The van der Waals surface area contributed by atoms with Gasteiger partial charge in [-0.05, 0) is 28.5 Å². The molecule has 0 saturated carbocycles. The van der Waals surface area contributed by atoms with Gasteiger partial charge in [-0.2, -0.15) is 0 Å². The molecule has 1 aromatic heterocycles. The minimum Gasteiger partial charge on any atom is -0.351 e. The smallest absolute Gasteiger partial charge is 0.269 e. The van der Waals surface area contributed by atoms with E-state index in [1.54, 1.807) is 12.1 Å². The van der Waals surface area contributed by atoms with Crippen LogP contribution in [0.4, 0.5) is 5.69 Å².